The van der Waals surface area contributed by atoms with Crippen molar-refractivity contribution in [1.82, 2.24) is 10.2 Å². The van der Waals surface area contributed by atoms with E-state index in [0.29, 0.717) is 6.54 Å². The molecule has 0 aliphatic carbocycles. The Balaban J connectivity index is 1.72. The molecule has 0 saturated carbocycles. The molecule has 1 amide bonds. The fraction of sp³-hybridized carbons (Fsp3) is 0.353. The van der Waals surface area contributed by atoms with Crippen LogP contribution in [0.3, 0.4) is 0 Å². The maximum Gasteiger partial charge on any atom is 0.234 e. The Kier molecular flexibility index (Phi) is 4.68. The van der Waals surface area contributed by atoms with Crippen LogP contribution in [0.2, 0.25) is 0 Å². The molecule has 1 N–H and O–H groups in total. The maximum atomic E-state index is 12.3. The van der Waals surface area contributed by atoms with Crippen LogP contribution >= 0.6 is 11.3 Å². The number of nitrogens with zero attached hydrogens (tertiary/aromatic N) is 1. The lowest BCUT2D eigenvalue weighted by molar-refractivity contribution is -0.122. The largest absolute Gasteiger partial charge is 0.343 e. The third-order valence-corrected chi connectivity index (χ3v) is 4.77. The van der Waals surface area contributed by atoms with E-state index in [0.717, 1.165) is 18.7 Å². The minimum Gasteiger partial charge on any atom is -0.343 e. The highest BCUT2D eigenvalue weighted by Gasteiger charge is 2.20. The van der Waals surface area contributed by atoms with E-state index in [9.17, 15) is 4.79 Å². The van der Waals surface area contributed by atoms with E-state index in [1.54, 1.807) is 11.3 Å². The zero-order valence-electron chi connectivity index (χ0n) is 12.0. The van der Waals surface area contributed by atoms with Crippen molar-refractivity contribution >= 4 is 17.2 Å². The number of likely N-dealkylation sites (tertiary alicyclic amines) is 1. The van der Waals surface area contributed by atoms with Gasteiger partial charge in [-0.05, 0) is 42.9 Å². The number of amides is 1. The first kappa shape index (κ1) is 14.3. The molecule has 0 radical (unpaired) electrons. The summed E-state index contributed by atoms with van der Waals surface area (Å²) >= 11 is 1.68. The molecule has 1 aliphatic heterocycles. The second-order valence-electron chi connectivity index (χ2n) is 5.41. The highest BCUT2D eigenvalue weighted by atomic mass is 32.1. The van der Waals surface area contributed by atoms with Gasteiger partial charge in [0, 0.05) is 4.88 Å². The molecule has 0 unspecified atom stereocenters. The fourth-order valence-electron chi connectivity index (χ4n) is 2.77. The van der Waals surface area contributed by atoms with Gasteiger partial charge >= 0.3 is 0 Å². The first-order valence-electron chi connectivity index (χ1n) is 7.43. The lowest BCUT2D eigenvalue weighted by atomic mass is 10.1. The Morgan fingerprint density at radius 2 is 1.90 bits per heavy atom. The van der Waals surface area contributed by atoms with Gasteiger partial charge in [0.1, 0.15) is 0 Å². The number of thiophene rings is 1. The molecule has 1 aromatic carbocycles. The summed E-state index contributed by atoms with van der Waals surface area (Å²) in [6.07, 6.45) is 2.42. The van der Waals surface area contributed by atoms with Gasteiger partial charge in [-0.3, -0.25) is 9.69 Å². The predicted molar refractivity (Wildman–Crippen MR) is 86.4 cm³/mol. The number of carbonyl (C=O) groups is 1. The predicted octanol–water partition coefficient (Wildman–Crippen LogP) is 3.05. The Morgan fingerprint density at radius 3 is 2.57 bits per heavy atom. The molecule has 1 aromatic heterocycles. The quantitative estimate of drug-likeness (QED) is 0.920. The van der Waals surface area contributed by atoms with Crippen molar-refractivity contribution in [2.75, 3.05) is 19.6 Å². The van der Waals surface area contributed by atoms with Crippen LogP contribution in [0, 0.1) is 0 Å². The van der Waals surface area contributed by atoms with Crippen LogP contribution in [0.1, 0.15) is 29.3 Å². The zero-order chi connectivity index (χ0) is 14.5. The van der Waals surface area contributed by atoms with Crippen molar-refractivity contribution in [3.8, 4) is 0 Å². The highest BCUT2D eigenvalue weighted by molar-refractivity contribution is 7.10. The van der Waals surface area contributed by atoms with Gasteiger partial charge in [-0.1, -0.05) is 36.4 Å². The molecule has 4 heteroatoms. The number of rotatable bonds is 5. The molecule has 1 aliphatic rings. The molecule has 1 saturated heterocycles. The normalized spacial score (nSPS) is 16.8. The van der Waals surface area contributed by atoms with Gasteiger partial charge in [0.05, 0.1) is 12.6 Å². The van der Waals surface area contributed by atoms with Crippen molar-refractivity contribution < 1.29 is 4.79 Å². The first-order valence-corrected chi connectivity index (χ1v) is 8.31. The molecule has 110 valence electrons. The van der Waals surface area contributed by atoms with E-state index in [1.165, 1.54) is 17.7 Å². The molecule has 0 bridgehead atoms. The summed E-state index contributed by atoms with van der Waals surface area (Å²) in [7, 11) is 0. The third-order valence-electron chi connectivity index (χ3n) is 3.83. The van der Waals surface area contributed by atoms with Gasteiger partial charge in [0.25, 0.3) is 0 Å². The number of carbonyl (C=O) groups excluding carboxylic acids is 1. The van der Waals surface area contributed by atoms with Crippen molar-refractivity contribution in [2.24, 2.45) is 0 Å². The van der Waals surface area contributed by atoms with Crippen molar-refractivity contribution in [3.05, 3.63) is 58.3 Å². The first-order chi connectivity index (χ1) is 10.3. The van der Waals surface area contributed by atoms with Crippen LogP contribution in [0.4, 0.5) is 0 Å². The van der Waals surface area contributed by atoms with Crippen molar-refractivity contribution in [1.29, 1.82) is 0 Å². The summed E-state index contributed by atoms with van der Waals surface area (Å²) in [5.41, 5.74) is 1.13. The summed E-state index contributed by atoms with van der Waals surface area (Å²) in [5.74, 6) is 0.110. The fourth-order valence-corrected chi connectivity index (χ4v) is 3.57. The summed E-state index contributed by atoms with van der Waals surface area (Å²) < 4.78 is 0. The summed E-state index contributed by atoms with van der Waals surface area (Å²) in [6.45, 7) is 2.60. The molecule has 2 aromatic rings. The highest BCUT2D eigenvalue weighted by Crippen LogP contribution is 2.25. The van der Waals surface area contributed by atoms with Gasteiger partial charge in [-0.15, -0.1) is 11.3 Å². The van der Waals surface area contributed by atoms with Crippen LogP contribution < -0.4 is 5.32 Å². The number of nitrogens with one attached hydrogen (secondary N) is 1. The maximum absolute atomic E-state index is 12.3. The molecule has 2 heterocycles. The van der Waals surface area contributed by atoms with Gasteiger partial charge < -0.3 is 5.32 Å². The van der Waals surface area contributed by atoms with Gasteiger partial charge in [0.2, 0.25) is 5.91 Å². The Bertz CT molecular complexity index is 562. The van der Waals surface area contributed by atoms with Crippen LogP contribution in [0.15, 0.2) is 47.8 Å². The molecule has 21 heavy (non-hydrogen) atoms. The third kappa shape index (κ3) is 3.71. The second-order valence-corrected chi connectivity index (χ2v) is 6.39. The Hall–Kier alpha value is -1.65. The standard InChI is InChI=1S/C17H20N2OS/c20-16(13-19-10-4-5-11-19)18-17(15-9-6-12-21-15)14-7-2-1-3-8-14/h1-3,6-9,12,17H,4-5,10-11,13H2,(H,18,20)/t17-/m0/s1. The van der Waals surface area contributed by atoms with E-state index in [4.69, 9.17) is 0 Å². The summed E-state index contributed by atoms with van der Waals surface area (Å²) in [6, 6.07) is 14.2. The second kappa shape index (κ2) is 6.87. The average molecular weight is 300 g/mol. The van der Waals surface area contributed by atoms with E-state index in [-0.39, 0.29) is 11.9 Å². The molecule has 1 fully saturated rings. The summed E-state index contributed by atoms with van der Waals surface area (Å²) in [4.78, 5) is 15.7. The van der Waals surface area contributed by atoms with Crippen LogP contribution in [-0.2, 0) is 4.79 Å². The van der Waals surface area contributed by atoms with Crippen LogP contribution in [-0.4, -0.2) is 30.4 Å². The molecular weight excluding hydrogens is 280 g/mol. The lowest BCUT2D eigenvalue weighted by Gasteiger charge is -2.20. The molecular formula is C17H20N2OS. The number of hydrogen-bond donors (Lipinski definition) is 1. The molecule has 0 spiro atoms. The minimum absolute atomic E-state index is 0.0405. The van der Waals surface area contributed by atoms with Gasteiger partial charge in [-0.25, -0.2) is 0 Å². The molecule has 3 rings (SSSR count). The monoisotopic (exact) mass is 300 g/mol. The van der Waals surface area contributed by atoms with E-state index in [2.05, 4.69) is 33.8 Å². The van der Waals surface area contributed by atoms with Crippen molar-refractivity contribution in [2.45, 2.75) is 18.9 Å². The minimum atomic E-state index is -0.0405. The summed E-state index contributed by atoms with van der Waals surface area (Å²) in [5, 5.41) is 5.25. The SMILES string of the molecule is O=C(CN1CCCC1)N[C@@H](c1ccccc1)c1cccs1. The van der Waals surface area contributed by atoms with E-state index < -0.39 is 0 Å². The molecule has 1 atom stereocenters. The van der Waals surface area contributed by atoms with E-state index in [1.807, 2.05) is 24.3 Å². The lowest BCUT2D eigenvalue weighted by Crippen LogP contribution is -2.37. The number of hydrogen-bond acceptors (Lipinski definition) is 3. The topological polar surface area (TPSA) is 32.3 Å². The van der Waals surface area contributed by atoms with Crippen molar-refractivity contribution in [3.63, 3.8) is 0 Å². The van der Waals surface area contributed by atoms with Gasteiger partial charge in [-0.2, -0.15) is 0 Å². The van der Waals surface area contributed by atoms with Gasteiger partial charge in [0.15, 0.2) is 0 Å². The number of benzene rings is 1. The Labute approximate surface area is 129 Å². The smallest absolute Gasteiger partial charge is 0.234 e. The van der Waals surface area contributed by atoms with Crippen LogP contribution in [0.25, 0.3) is 0 Å². The van der Waals surface area contributed by atoms with E-state index >= 15 is 0 Å². The molecule has 3 nitrogen and oxygen atoms in total. The average Bonchev–Trinajstić information content (AvgIpc) is 3.19. The Morgan fingerprint density at radius 1 is 1.14 bits per heavy atom. The zero-order valence-corrected chi connectivity index (χ0v) is 12.8. The van der Waals surface area contributed by atoms with Crippen LogP contribution in [0.5, 0.6) is 0 Å².